The minimum Gasteiger partial charge on any atom is -0.481 e. The van der Waals surface area contributed by atoms with E-state index in [0.717, 1.165) is 5.56 Å². The molecule has 2 unspecified atom stereocenters. The molecule has 0 fully saturated rings. The van der Waals surface area contributed by atoms with Crippen molar-refractivity contribution in [3.63, 3.8) is 0 Å². The number of rotatable bonds is 7. The Morgan fingerprint density at radius 3 is 1.96 bits per heavy atom. The molecule has 134 valence electrons. The molecule has 0 bridgehead atoms. The van der Waals surface area contributed by atoms with Crippen LogP contribution in [0.3, 0.4) is 0 Å². The summed E-state index contributed by atoms with van der Waals surface area (Å²) in [5.41, 5.74) is 2.32. The summed E-state index contributed by atoms with van der Waals surface area (Å²) in [6.45, 7) is 10.2. The van der Waals surface area contributed by atoms with Crippen molar-refractivity contribution in [2.75, 3.05) is 13.6 Å². The molecule has 2 N–H and O–H groups in total. The standard InChI is InChI=1S/C19H30N2O3/c1-12(2)15-7-9-16(10-8-15)17(13(3)4)20-19(24)21(6)11-14(5)18(22)23/h7-10,12-14,17H,11H2,1-6H3,(H,20,24)(H,22,23). The van der Waals surface area contributed by atoms with Crippen LogP contribution in [0.5, 0.6) is 0 Å². The van der Waals surface area contributed by atoms with Gasteiger partial charge in [-0.1, -0.05) is 58.9 Å². The van der Waals surface area contributed by atoms with Crippen LogP contribution in [0.25, 0.3) is 0 Å². The lowest BCUT2D eigenvalue weighted by Gasteiger charge is -2.27. The summed E-state index contributed by atoms with van der Waals surface area (Å²) in [7, 11) is 1.62. The van der Waals surface area contributed by atoms with Crippen molar-refractivity contribution in [2.24, 2.45) is 11.8 Å². The summed E-state index contributed by atoms with van der Waals surface area (Å²) in [5, 5.41) is 12.0. The lowest BCUT2D eigenvalue weighted by molar-refractivity contribution is -0.141. The number of nitrogens with one attached hydrogen (secondary N) is 1. The minimum absolute atomic E-state index is 0.110. The lowest BCUT2D eigenvalue weighted by atomic mass is 9.93. The molecule has 0 aliphatic rings. The van der Waals surface area contributed by atoms with Gasteiger partial charge in [-0.05, 0) is 23.0 Å². The predicted octanol–water partition coefficient (Wildman–Crippen LogP) is 3.87. The largest absolute Gasteiger partial charge is 0.481 e. The molecule has 0 spiro atoms. The van der Waals surface area contributed by atoms with Gasteiger partial charge < -0.3 is 15.3 Å². The Hall–Kier alpha value is -2.04. The van der Waals surface area contributed by atoms with Crippen LogP contribution in [-0.2, 0) is 4.79 Å². The number of hydrogen-bond donors (Lipinski definition) is 2. The number of carboxylic acid groups (broad SMARTS) is 1. The summed E-state index contributed by atoms with van der Waals surface area (Å²) < 4.78 is 0. The zero-order valence-electron chi connectivity index (χ0n) is 15.5. The second kappa shape index (κ2) is 8.71. The SMILES string of the molecule is CC(CN(C)C(=O)NC(c1ccc(C(C)C)cc1)C(C)C)C(=O)O. The molecular weight excluding hydrogens is 304 g/mol. The zero-order valence-corrected chi connectivity index (χ0v) is 15.5. The van der Waals surface area contributed by atoms with Gasteiger partial charge in [0.2, 0.25) is 0 Å². The van der Waals surface area contributed by atoms with Crippen LogP contribution in [0.15, 0.2) is 24.3 Å². The normalized spacial score (nSPS) is 13.7. The fourth-order valence-corrected chi connectivity index (χ4v) is 2.54. The van der Waals surface area contributed by atoms with E-state index in [0.29, 0.717) is 5.92 Å². The lowest BCUT2D eigenvalue weighted by Crippen LogP contribution is -2.43. The molecule has 0 aromatic heterocycles. The molecule has 1 rings (SSSR count). The molecule has 0 saturated heterocycles. The van der Waals surface area contributed by atoms with Crippen molar-refractivity contribution in [1.29, 1.82) is 0 Å². The second-order valence-corrected chi connectivity index (χ2v) is 7.11. The second-order valence-electron chi connectivity index (χ2n) is 7.11. The van der Waals surface area contributed by atoms with Gasteiger partial charge in [-0.3, -0.25) is 4.79 Å². The highest BCUT2D eigenvalue weighted by atomic mass is 16.4. The van der Waals surface area contributed by atoms with E-state index >= 15 is 0 Å². The topological polar surface area (TPSA) is 69.6 Å². The molecule has 0 aliphatic carbocycles. The van der Waals surface area contributed by atoms with Gasteiger partial charge in [0.15, 0.2) is 0 Å². The fourth-order valence-electron chi connectivity index (χ4n) is 2.54. The van der Waals surface area contributed by atoms with Gasteiger partial charge in [-0.15, -0.1) is 0 Å². The van der Waals surface area contributed by atoms with Crippen molar-refractivity contribution < 1.29 is 14.7 Å². The first-order valence-electron chi connectivity index (χ1n) is 8.47. The maximum atomic E-state index is 12.4. The van der Waals surface area contributed by atoms with Gasteiger partial charge in [0.1, 0.15) is 0 Å². The first-order chi connectivity index (χ1) is 11.1. The molecule has 1 aromatic carbocycles. The van der Waals surface area contributed by atoms with Crippen molar-refractivity contribution in [1.82, 2.24) is 10.2 Å². The highest BCUT2D eigenvalue weighted by Gasteiger charge is 2.22. The van der Waals surface area contributed by atoms with E-state index in [4.69, 9.17) is 5.11 Å². The third-order valence-corrected chi connectivity index (χ3v) is 4.22. The Labute approximate surface area is 145 Å². The van der Waals surface area contributed by atoms with Crippen molar-refractivity contribution in [3.05, 3.63) is 35.4 Å². The maximum Gasteiger partial charge on any atom is 0.317 e. The number of benzene rings is 1. The van der Waals surface area contributed by atoms with Gasteiger partial charge in [0, 0.05) is 13.6 Å². The third-order valence-electron chi connectivity index (χ3n) is 4.22. The van der Waals surface area contributed by atoms with Gasteiger partial charge in [0.05, 0.1) is 12.0 Å². The van der Waals surface area contributed by atoms with E-state index in [1.807, 2.05) is 0 Å². The molecule has 0 aliphatic heterocycles. The van der Waals surface area contributed by atoms with E-state index in [2.05, 4.69) is 57.3 Å². The van der Waals surface area contributed by atoms with Crippen LogP contribution in [0, 0.1) is 11.8 Å². The van der Waals surface area contributed by atoms with Crippen molar-refractivity contribution >= 4 is 12.0 Å². The maximum absolute atomic E-state index is 12.4. The number of urea groups is 1. The Morgan fingerprint density at radius 2 is 1.54 bits per heavy atom. The Kier molecular flexibility index (Phi) is 7.26. The predicted molar refractivity (Wildman–Crippen MR) is 96.1 cm³/mol. The van der Waals surface area contributed by atoms with Crippen LogP contribution in [-0.4, -0.2) is 35.6 Å². The highest BCUT2D eigenvalue weighted by molar-refractivity contribution is 5.76. The van der Waals surface area contributed by atoms with E-state index in [1.165, 1.54) is 10.5 Å². The quantitative estimate of drug-likeness (QED) is 0.795. The summed E-state index contributed by atoms with van der Waals surface area (Å²) in [6, 6.07) is 7.94. The van der Waals surface area contributed by atoms with Crippen molar-refractivity contribution in [3.8, 4) is 0 Å². The fraction of sp³-hybridized carbons (Fsp3) is 0.579. The number of carbonyl (C=O) groups excluding carboxylic acids is 1. The number of carboxylic acids is 1. The summed E-state index contributed by atoms with van der Waals surface area (Å²) in [6.07, 6.45) is 0. The Balaban J connectivity index is 2.82. The van der Waals surface area contributed by atoms with Crippen LogP contribution >= 0.6 is 0 Å². The van der Waals surface area contributed by atoms with E-state index < -0.39 is 11.9 Å². The van der Waals surface area contributed by atoms with E-state index in [9.17, 15) is 9.59 Å². The van der Waals surface area contributed by atoms with Crippen LogP contribution in [0.4, 0.5) is 4.79 Å². The molecular formula is C19H30N2O3. The van der Waals surface area contributed by atoms with Gasteiger partial charge in [-0.25, -0.2) is 4.79 Å². The van der Waals surface area contributed by atoms with Gasteiger partial charge in [0.25, 0.3) is 0 Å². The summed E-state index contributed by atoms with van der Waals surface area (Å²) in [5.74, 6) is -0.804. The van der Waals surface area contributed by atoms with Gasteiger partial charge in [-0.2, -0.15) is 0 Å². The molecule has 5 heteroatoms. The average molecular weight is 334 g/mol. The molecule has 24 heavy (non-hydrogen) atoms. The molecule has 5 nitrogen and oxygen atoms in total. The number of nitrogens with zero attached hydrogens (tertiary/aromatic N) is 1. The summed E-state index contributed by atoms with van der Waals surface area (Å²) >= 11 is 0. The molecule has 2 amide bonds. The Bertz CT molecular complexity index is 552. The molecule has 1 aromatic rings. The van der Waals surface area contributed by atoms with Crippen LogP contribution in [0.2, 0.25) is 0 Å². The van der Waals surface area contributed by atoms with Crippen LogP contribution < -0.4 is 5.32 Å². The summed E-state index contributed by atoms with van der Waals surface area (Å²) in [4.78, 5) is 24.8. The molecule has 0 radical (unpaired) electrons. The van der Waals surface area contributed by atoms with E-state index in [1.54, 1.807) is 14.0 Å². The number of hydrogen-bond acceptors (Lipinski definition) is 2. The third kappa shape index (κ3) is 5.55. The molecule has 0 saturated carbocycles. The monoisotopic (exact) mass is 334 g/mol. The molecule has 2 atom stereocenters. The highest BCUT2D eigenvalue weighted by Crippen LogP contribution is 2.24. The molecule has 0 heterocycles. The zero-order chi connectivity index (χ0) is 18.4. The van der Waals surface area contributed by atoms with Crippen LogP contribution in [0.1, 0.15) is 57.7 Å². The number of carbonyl (C=O) groups is 2. The first kappa shape index (κ1) is 20.0. The van der Waals surface area contributed by atoms with Crippen molar-refractivity contribution in [2.45, 2.75) is 46.6 Å². The number of aliphatic carboxylic acids is 1. The Morgan fingerprint density at radius 1 is 1.04 bits per heavy atom. The number of amides is 2. The average Bonchev–Trinajstić information content (AvgIpc) is 2.51. The first-order valence-corrected chi connectivity index (χ1v) is 8.47. The minimum atomic E-state index is -0.903. The van der Waals surface area contributed by atoms with E-state index in [-0.39, 0.29) is 24.5 Å². The van der Waals surface area contributed by atoms with Gasteiger partial charge >= 0.3 is 12.0 Å². The smallest absolute Gasteiger partial charge is 0.317 e.